The maximum absolute atomic E-state index is 12.2. The van der Waals surface area contributed by atoms with E-state index in [1.165, 1.54) is 17.2 Å². The summed E-state index contributed by atoms with van der Waals surface area (Å²) in [6, 6.07) is 2.35. The van der Waals surface area contributed by atoms with Crippen LogP contribution in [0.4, 0.5) is 0 Å². The number of piperidine rings is 1. The first-order chi connectivity index (χ1) is 8.59. The van der Waals surface area contributed by atoms with Gasteiger partial charge in [0.25, 0.3) is 5.91 Å². The van der Waals surface area contributed by atoms with Crippen LogP contribution in [-0.2, 0) is 4.79 Å². The number of aromatic nitrogens is 1. The standard InChI is InChI=1S/C12H13ClN2O3/c13-10-5-4-8(7-14-10)11(16)15-6-2-1-3-9(15)12(17)18/h4-5,7,9H,1-3,6H2,(H,17,18)/t9-/m0/s1. The van der Waals surface area contributed by atoms with E-state index in [9.17, 15) is 9.59 Å². The fourth-order valence-electron chi connectivity index (χ4n) is 2.10. The molecular weight excluding hydrogens is 256 g/mol. The zero-order valence-electron chi connectivity index (χ0n) is 9.67. The summed E-state index contributed by atoms with van der Waals surface area (Å²) < 4.78 is 0. The molecule has 1 fully saturated rings. The van der Waals surface area contributed by atoms with Crippen molar-refractivity contribution in [3.05, 3.63) is 29.0 Å². The molecule has 2 heterocycles. The van der Waals surface area contributed by atoms with Crippen LogP contribution in [0.25, 0.3) is 0 Å². The van der Waals surface area contributed by atoms with Crippen molar-refractivity contribution in [3.63, 3.8) is 0 Å². The molecule has 5 nitrogen and oxygen atoms in total. The number of hydrogen-bond donors (Lipinski definition) is 1. The number of hydrogen-bond acceptors (Lipinski definition) is 3. The molecule has 0 spiro atoms. The molecule has 1 atom stereocenters. The second kappa shape index (κ2) is 5.35. The van der Waals surface area contributed by atoms with Gasteiger partial charge in [0.1, 0.15) is 11.2 Å². The van der Waals surface area contributed by atoms with Crippen molar-refractivity contribution in [1.82, 2.24) is 9.88 Å². The second-order valence-corrected chi connectivity index (χ2v) is 4.61. The van der Waals surface area contributed by atoms with E-state index >= 15 is 0 Å². The molecule has 1 saturated heterocycles. The van der Waals surface area contributed by atoms with Gasteiger partial charge in [-0.3, -0.25) is 4.79 Å². The minimum absolute atomic E-state index is 0.300. The van der Waals surface area contributed by atoms with Gasteiger partial charge in [0, 0.05) is 12.7 Å². The first-order valence-corrected chi connectivity index (χ1v) is 6.12. The summed E-state index contributed by atoms with van der Waals surface area (Å²) in [4.78, 5) is 28.6. The lowest BCUT2D eigenvalue weighted by atomic mass is 10.0. The minimum atomic E-state index is -0.954. The molecule has 1 aliphatic rings. The van der Waals surface area contributed by atoms with Crippen LogP contribution in [-0.4, -0.2) is 39.5 Å². The fraction of sp³-hybridized carbons (Fsp3) is 0.417. The van der Waals surface area contributed by atoms with Gasteiger partial charge < -0.3 is 10.0 Å². The van der Waals surface area contributed by atoms with Crippen molar-refractivity contribution < 1.29 is 14.7 Å². The zero-order valence-corrected chi connectivity index (χ0v) is 10.4. The molecular formula is C12H13ClN2O3. The third-order valence-corrected chi connectivity index (χ3v) is 3.25. The van der Waals surface area contributed by atoms with Crippen molar-refractivity contribution in [3.8, 4) is 0 Å². The zero-order chi connectivity index (χ0) is 13.1. The second-order valence-electron chi connectivity index (χ2n) is 4.22. The Morgan fingerprint density at radius 3 is 2.78 bits per heavy atom. The number of likely N-dealkylation sites (tertiary alicyclic amines) is 1. The molecule has 18 heavy (non-hydrogen) atoms. The number of carboxylic acid groups (broad SMARTS) is 1. The predicted molar refractivity (Wildman–Crippen MR) is 65.6 cm³/mol. The Hall–Kier alpha value is -1.62. The van der Waals surface area contributed by atoms with E-state index in [0.29, 0.717) is 23.7 Å². The summed E-state index contributed by atoms with van der Waals surface area (Å²) in [5.74, 6) is -1.25. The Morgan fingerprint density at radius 2 is 2.17 bits per heavy atom. The SMILES string of the molecule is O=C(O)[C@@H]1CCCCN1C(=O)c1ccc(Cl)nc1. The highest BCUT2D eigenvalue weighted by Gasteiger charge is 2.32. The molecule has 0 saturated carbocycles. The van der Waals surface area contributed by atoms with Crippen LogP contribution in [0.1, 0.15) is 29.6 Å². The van der Waals surface area contributed by atoms with Gasteiger partial charge in [-0.25, -0.2) is 9.78 Å². The molecule has 0 unspecified atom stereocenters. The number of nitrogens with zero attached hydrogens (tertiary/aromatic N) is 2. The number of pyridine rings is 1. The van der Waals surface area contributed by atoms with Crippen molar-refractivity contribution in [2.45, 2.75) is 25.3 Å². The van der Waals surface area contributed by atoms with E-state index in [1.54, 1.807) is 6.07 Å². The Kier molecular flexibility index (Phi) is 3.81. The third kappa shape index (κ3) is 2.61. The van der Waals surface area contributed by atoms with Gasteiger partial charge in [-0.2, -0.15) is 0 Å². The third-order valence-electron chi connectivity index (χ3n) is 3.02. The lowest BCUT2D eigenvalue weighted by molar-refractivity contribution is -0.143. The van der Waals surface area contributed by atoms with Crippen molar-refractivity contribution in [2.75, 3.05) is 6.54 Å². The first-order valence-electron chi connectivity index (χ1n) is 5.75. The van der Waals surface area contributed by atoms with Gasteiger partial charge in [0.2, 0.25) is 0 Å². The summed E-state index contributed by atoms with van der Waals surface area (Å²) in [7, 11) is 0. The molecule has 1 N–H and O–H groups in total. The van der Waals surface area contributed by atoms with Crippen molar-refractivity contribution >= 4 is 23.5 Å². The average Bonchev–Trinajstić information content (AvgIpc) is 2.39. The highest BCUT2D eigenvalue weighted by molar-refractivity contribution is 6.29. The molecule has 1 aliphatic heterocycles. The van der Waals surface area contributed by atoms with Crippen LogP contribution in [0.2, 0.25) is 5.15 Å². The fourth-order valence-corrected chi connectivity index (χ4v) is 2.21. The Morgan fingerprint density at radius 1 is 1.39 bits per heavy atom. The Labute approximate surface area is 109 Å². The summed E-state index contributed by atoms with van der Waals surface area (Å²) >= 11 is 5.65. The van der Waals surface area contributed by atoms with E-state index in [1.807, 2.05) is 0 Å². The average molecular weight is 269 g/mol. The quantitative estimate of drug-likeness (QED) is 0.831. The molecule has 6 heteroatoms. The van der Waals surface area contributed by atoms with E-state index in [0.717, 1.165) is 12.8 Å². The van der Waals surface area contributed by atoms with Crippen molar-refractivity contribution in [1.29, 1.82) is 0 Å². The maximum Gasteiger partial charge on any atom is 0.326 e. The van der Waals surface area contributed by atoms with Gasteiger partial charge in [0.05, 0.1) is 5.56 Å². The van der Waals surface area contributed by atoms with Gasteiger partial charge in [0.15, 0.2) is 0 Å². The van der Waals surface area contributed by atoms with E-state index in [-0.39, 0.29) is 5.91 Å². The summed E-state index contributed by atoms with van der Waals surface area (Å²) in [6.45, 7) is 0.471. The number of carbonyl (C=O) groups is 2. The molecule has 2 rings (SSSR count). The highest BCUT2D eigenvalue weighted by Crippen LogP contribution is 2.20. The van der Waals surface area contributed by atoms with Crippen LogP contribution in [0.15, 0.2) is 18.3 Å². The van der Waals surface area contributed by atoms with E-state index in [4.69, 9.17) is 16.7 Å². The van der Waals surface area contributed by atoms with Crippen LogP contribution in [0.5, 0.6) is 0 Å². The summed E-state index contributed by atoms with van der Waals surface area (Å²) in [5.41, 5.74) is 0.368. The van der Waals surface area contributed by atoms with Gasteiger partial charge in [-0.1, -0.05) is 11.6 Å². The highest BCUT2D eigenvalue weighted by atomic mass is 35.5. The summed E-state index contributed by atoms with van der Waals surface area (Å²) in [6.07, 6.45) is 3.54. The van der Waals surface area contributed by atoms with Gasteiger partial charge in [-0.15, -0.1) is 0 Å². The first kappa shape index (κ1) is 12.8. The number of amides is 1. The maximum atomic E-state index is 12.2. The largest absolute Gasteiger partial charge is 0.480 e. The minimum Gasteiger partial charge on any atom is -0.480 e. The molecule has 1 aromatic heterocycles. The lowest BCUT2D eigenvalue weighted by Gasteiger charge is -2.32. The number of aliphatic carboxylic acids is 1. The molecule has 1 amide bonds. The van der Waals surface area contributed by atoms with Crippen LogP contribution >= 0.6 is 11.6 Å². The van der Waals surface area contributed by atoms with E-state index in [2.05, 4.69) is 4.98 Å². The molecule has 1 aromatic rings. The molecule has 0 aromatic carbocycles. The van der Waals surface area contributed by atoms with Crippen molar-refractivity contribution in [2.24, 2.45) is 0 Å². The number of carboxylic acids is 1. The Bertz CT molecular complexity index is 461. The number of halogens is 1. The van der Waals surface area contributed by atoms with Gasteiger partial charge >= 0.3 is 5.97 Å². The monoisotopic (exact) mass is 268 g/mol. The summed E-state index contributed by atoms with van der Waals surface area (Å²) in [5, 5.41) is 9.42. The smallest absolute Gasteiger partial charge is 0.326 e. The Balaban J connectivity index is 2.20. The van der Waals surface area contributed by atoms with Gasteiger partial charge in [-0.05, 0) is 31.4 Å². The lowest BCUT2D eigenvalue weighted by Crippen LogP contribution is -2.48. The topological polar surface area (TPSA) is 70.5 Å². The molecule has 0 aliphatic carbocycles. The normalized spacial score (nSPS) is 19.6. The molecule has 96 valence electrons. The number of rotatable bonds is 2. The molecule has 0 bridgehead atoms. The van der Waals surface area contributed by atoms with Crippen LogP contribution in [0.3, 0.4) is 0 Å². The van der Waals surface area contributed by atoms with Crippen LogP contribution in [0, 0.1) is 0 Å². The molecule has 0 radical (unpaired) electrons. The van der Waals surface area contributed by atoms with E-state index < -0.39 is 12.0 Å². The number of carbonyl (C=O) groups excluding carboxylic acids is 1. The predicted octanol–water partition coefficient (Wildman–Crippen LogP) is 1.81. The van der Waals surface area contributed by atoms with Crippen LogP contribution < -0.4 is 0 Å².